The van der Waals surface area contributed by atoms with Crippen LogP contribution in [-0.4, -0.2) is 51.4 Å². The van der Waals surface area contributed by atoms with Gasteiger partial charge >= 0.3 is 0 Å². The minimum atomic E-state index is -0.335. The van der Waals surface area contributed by atoms with Crippen molar-refractivity contribution in [2.24, 2.45) is 0 Å². The zero-order valence-corrected chi connectivity index (χ0v) is 18.0. The molecule has 1 aliphatic rings. The molecule has 0 spiro atoms. The number of nitrogens with zero attached hydrogens (tertiary/aromatic N) is 6. The van der Waals surface area contributed by atoms with Gasteiger partial charge in [-0.05, 0) is 13.0 Å². The Morgan fingerprint density at radius 3 is 2.48 bits per heavy atom. The number of anilines is 1. The van der Waals surface area contributed by atoms with E-state index in [0.29, 0.717) is 54.1 Å². The van der Waals surface area contributed by atoms with Crippen molar-refractivity contribution in [1.82, 2.24) is 20.3 Å². The van der Waals surface area contributed by atoms with Crippen LogP contribution >= 0.6 is 0 Å². The third kappa shape index (κ3) is 4.20. The third-order valence-corrected chi connectivity index (χ3v) is 5.74. The molecule has 0 bridgehead atoms. The van der Waals surface area contributed by atoms with E-state index in [1.165, 1.54) is 6.07 Å². The molecule has 10 nitrogen and oxygen atoms in total. The maximum atomic E-state index is 11.3. The second kappa shape index (κ2) is 8.83. The summed E-state index contributed by atoms with van der Waals surface area (Å²) >= 11 is 0. The summed E-state index contributed by atoms with van der Waals surface area (Å²) in [5.74, 6) is 1.49. The zero-order chi connectivity index (χ0) is 22.8. The molecule has 0 amide bonds. The van der Waals surface area contributed by atoms with Crippen molar-refractivity contribution in [2.45, 2.75) is 13.5 Å². The van der Waals surface area contributed by atoms with Crippen LogP contribution in [0, 0.1) is 17.0 Å². The maximum absolute atomic E-state index is 11.3. The van der Waals surface area contributed by atoms with Crippen LogP contribution in [-0.2, 0) is 6.54 Å². The average molecular weight is 446 g/mol. The Balaban J connectivity index is 1.27. The average Bonchev–Trinajstić information content (AvgIpc) is 3.46. The first-order valence-electron chi connectivity index (χ1n) is 10.7. The smallest absolute Gasteiger partial charge is 0.292 e. The number of hydrogen-bond donors (Lipinski definition) is 0. The van der Waals surface area contributed by atoms with E-state index < -0.39 is 0 Å². The summed E-state index contributed by atoms with van der Waals surface area (Å²) in [6.45, 7) is 5.13. The number of rotatable bonds is 6. The van der Waals surface area contributed by atoms with Gasteiger partial charge in [0.25, 0.3) is 11.6 Å². The molecule has 1 saturated heterocycles. The van der Waals surface area contributed by atoms with E-state index >= 15 is 0 Å². The molecule has 1 aliphatic heterocycles. The predicted molar refractivity (Wildman–Crippen MR) is 121 cm³/mol. The molecular weight excluding hydrogens is 424 g/mol. The third-order valence-electron chi connectivity index (χ3n) is 5.74. The molecule has 0 radical (unpaired) electrons. The number of aryl methyl sites for hydroxylation is 1. The maximum Gasteiger partial charge on any atom is 0.292 e. The summed E-state index contributed by atoms with van der Waals surface area (Å²) in [6, 6.07) is 16.6. The van der Waals surface area contributed by atoms with Gasteiger partial charge in [-0.25, -0.2) is 0 Å². The van der Waals surface area contributed by atoms with Gasteiger partial charge in [-0.15, -0.1) is 10.2 Å². The van der Waals surface area contributed by atoms with Crippen molar-refractivity contribution in [3.8, 4) is 22.7 Å². The summed E-state index contributed by atoms with van der Waals surface area (Å²) < 4.78 is 11.4. The van der Waals surface area contributed by atoms with E-state index in [1.807, 2.05) is 48.2 Å². The Bertz CT molecular complexity index is 1260. The van der Waals surface area contributed by atoms with Gasteiger partial charge in [-0.3, -0.25) is 15.0 Å². The number of nitro groups is 1. The Kier molecular flexibility index (Phi) is 5.57. The monoisotopic (exact) mass is 446 g/mol. The normalized spacial score (nSPS) is 14.5. The second-order valence-electron chi connectivity index (χ2n) is 7.84. The highest BCUT2D eigenvalue weighted by Gasteiger charge is 2.26. The molecule has 10 heteroatoms. The molecule has 0 atom stereocenters. The van der Waals surface area contributed by atoms with Crippen molar-refractivity contribution in [2.75, 3.05) is 31.1 Å². The van der Waals surface area contributed by atoms with Crippen LogP contribution in [0.25, 0.3) is 22.7 Å². The van der Waals surface area contributed by atoms with E-state index in [9.17, 15) is 10.1 Å². The van der Waals surface area contributed by atoms with Gasteiger partial charge in [0.2, 0.25) is 5.89 Å². The molecule has 0 aliphatic carbocycles. The first-order valence-corrected chi connectivity index (χ1v) is 10.7. The lowest BCUT2D eigenvalue weighted by molar-refractivity contribution is -0.384. The standard InChI is InChI=1S/C23H22N6O4/c1-16-21(22(26-33-16)17-7-3-2-4-8-17)23-25-24-20(32-23)15-27-11-13-28(14-12-27)18-9-5-6-10-19(18)29(30)31/h2-10H,11-15H2,1H3. The lowest BCUT2D eigenvalue weighted by atomic mass is 10.1. The Morgan fingerprint density at radius 2 is 1.73 bits per heavy atom. The summed E-state index contributed by atoms with van der Waals surface area (Å²) in [4.78, 5) is 15.2. The van der Waals surface area contributed by atoms with Gasteiger partial charge in [-0.1, -0.05) is 47.6 Å². The first-order chi connectivity index (χ1) is 16.1. The molecule has 2 aromatic heterocycles. The van der Waals surface area contributed by atoms with Gasteiger partial charge in [0.05, 0.1) is 11.5 Å². The number of benzene rings is 2. The van der Waals surface area contributed by atoms with Crippen LogP contribution in [0.1, 0.15) is 11.7 Å². The fourth-order valence-corrected chi connectivity index (χ4v) is 4.06. The van der Waals surface area contributed by atoms with E-state index in [-0.39, 0.29) is 10.6 Å². The number of piperazine rings is 1. The van der Waals surface area contributed by atoms with Crippen LogP contribution in [0.4, 0.5) is 11.4 Å². The van der Waals surface area contributed by atoms with Gasteiger partial charge in [-0.2, -0.15) is 0 Å². The summed E-state index contributed by atoms with van der Waals surface area (Å²) in [5, 5.41) is 24.0. The minimum absolute atomic E-state index is 0.130. The molecule has 33 heavy (non-hydrogen) atoms. The van der Waals surface area contributed by atoms with Gasteiger partial charge in [0.15, 0.2) is 0 Å². The predicted octanol–water partition coefficient (Wildman–Crippen LogP) is 3.93. The van der Waals surface area contributed by atoms with Crippen molar-refractivity contribution in [3.05, 3.63) is 76.4 Å². The summed E-state index contributed by atoms with van der Waals surface area (Å²) in [5.41, 5.74) is 3.06. The molecule has 5 rings (SSSR count). The highest BCUT2D eigenvalue weighted by molar-refractivity contribution is 5.77. The molecular formula is C23H22N6O4. The number of hydrogen-bond acceptors (Lipinski definition) is 9. The number of para-hydroxylation sites is 2. The van der Waals surface area contributed by atoms with Gasteiger partial charge < -0.3 is 13.8 Å². The van der Waals surface area contributed by atoms with E-state index in [1.54, 1.807) is 12.1 Å². The van der Waals surface area contributed by atoms with Gasteiger partial charge in [0, 0.05) is 37.8 Å². The van der Waals surface area contributed by atoms with E-state index in [0.717, 1.165) is 18.7 Å². The van der Waals surface area contributed by atoms with Crippen molar-refractivity contribution >= 4 is 11.4 Å². The molecule has 3 heterocycles. The first kappa shape index (κ1) is 20.8. The quantitative estimate of drug-likeness (QED) is 0.321. The molecule has 0 saturated carbocycles. The number of aromatic nitrogens is 3. The Morgan fingerprint density at radius 1 is 1.00 bits per heavy atom. The van der Waals surface area contributed by atoms with Crippen LogP contribution in [0.5, 0.6) is 0 Å². The molecule has 1 fully saturated rings. The van der Waals surface area contributed by atoms with Crippen molar-refractivity contribution in [1.29, 1.82) is 0 Å². The Hall–Kier alpha value is -4.05. The summed E-state index contributed by atoms with van der Waals surface area (Å²) in [7, 11) is 0. The fourth-order valence-electron chi connectivity index (χ4n) is 4.06. The van der Waals surface area contributed by atoms with Gasteiger partial charge in [0.1, 0.15) is 22.7 Å². The topological polar surface area (TPSA) is 115 Å². The van der Waals surface area contributed by atoms with Crippen LogP contribution in [0.15, 0.2) is 63.5 Å². The molecule has 168 valence electrons. The fraction of sp³-hybridized carbons (Fsp3) is 0.261. The highest BCUT2D eigenvalue weighted by Crippen LogP contribution is 2.33. The summed E-state index contributed by atoms with van der Waals surface area (Å²) in [6.07, 6.45) is 0. The molecule has 4 aromatic rings. The van der Waals surface area contributed by atoms with Crippen molar-refractivity contribution in [3.63, 3.8) is 0 Å². The number of nitro benzene ring substituents is 1. The molecule has 0 unspecified atom stereocenters. The SMILES string of the molecule is Cc1onc(-c2ccccc2)c1-c1nnc(CN2CCN(c3ccccc3[N+](=O)[O-])CC2)o1. The Labute approximate surface area is 189 Å². The lowest BCUT2D eigenvalue weighted by Gasteiger charge is -2.35. The minimum Gasteiger partial charge on any atom is -0.419 e. The van der Waals surface area contributed by atoms with Crippen LogP contribution in [0.2, 0.25) is 0 Å². The zero-order valence-electron chi connectivity index (χ0n) is 18.0. The molecule has 2 aromatic carbocycles. The molecule has 0 N–H and O–H groups in total. The second-order valence-corrected chi connectivity index (χ2v) is 7.84. The largest absolute Gasteiger partial charge is 0.419 e. The van der Waals surface area contributed by atoms with E-state index in [4.69, 9.17) is 8.94 Å². The van der Waals surface area contributed by atoms with Crippen LogP contribution in [0.3, 0.4) is 0 Å². The van der Waals surface area contributed by atoms with E-state index in [2.05, 4.69) is 20.3 Å². The lowest BCUT2D eigenvalue weighted by Crippen LogP contribution is -2.46. The highest BCUT2D eigenvalue weighted by atomic mass is 16.6. The van der Waals surface area contributed by atoms with Crippen molar-refractivity contribution < 1.29 is 13.9 Å². The van der Waals surface area contributed by atoms with Crippen LogP contribution < -0.4 is 4.90 Å².